The molecule has 0 bridgehead atoms. The summed E-state index contributed by atoms with van der Waals surface area (Å²) < 4.78 is 14.2. The zero-order chi connectivity index (χ0) is 22.5. The quantitative estimate of drug-likeness (QED) is 0.556. The summed E-state index contributed by atoms with van der Waals surface area (Å²) >= 11 is 1.47. The number of halogens is 1. The Bertz CT molecular complexity index is 1210. The second kappa shape index (κ2) is 7.48. The van der Waals surface area contributed by atoms with Crippen LogP contribution in [0.3, 0.4) is 0 Å². The molecule has 5 rings (SSSR count). The van der Waals surface area contributed by atoms with Crippen molar-refractivity contribution in [2.75, 3.05) is 11.4 Å². The van der Waals surface area contributed by atoms with E-state index in [1.807, 2.05) is 68.4 Å². The van der Waals surface area contributed by atoms with Crippen molar-refractivity contribution in [2.24, 2.45) is 0 Å². The molecule has 1 fully saturated rings. The second-order valence-electron chi connectivity index (χ2n) is 8.77. The van der Waals surface area contributed by atoms with Crippen LogP contribution >= 0.6 is 11.8 Å². The number of para-hydroxylation sites is 1. The highest BCUT2D eigenvalue weighted by molar-refractivity contribution is 8.02. The first kappa shape index (κ1) is 20.8. The Morgan fingerprint density at radius 1 is 0.969 bits per heavy atom. The van der Waals surface area contributed by atoms with Gasteiger partial charge in [-0.25, -0.2) is 4.39 Å². The van der Waals surface area contributed by atoms with Gasteiger partial charge in [-0.3, -0.25) is 9.59 Å². The Morgan fingerprint density at radius 2 is 1.62 bits per heavy atom. The predicted octanol–water partition coefficient (Wildman–Crippen LogP) is 5.19. The molecule has 1 saturated heterocycles. The summed E-state index contributed by atoms with van der Waals surface area (Å²) in [5, 5.41) is 0. The van der Waals surface area contributed by atoms with Gasteiger partial charge in [-0.05, 0) is 37.6 Å². The third kappa shape index (κ3) is 3.13. The number of carbonyl (C=O) groups excluding carboxylic acids is 2. The zero-order valence-corrected chi connectivity index (χ0v) is 18.7. The fourth-order valence-electron chi connectivity index (χ4n) is 4.66. The van der Waals surface area contributed by atoms with E-state index in [0.717, 1.165) is 16.8 Å². The van der Waals surface area contributed by atoms with E-state index in [-0.39, 0.29) is 16.2 Å². The summed E-state index contributed by atoms with van der Waals surface area (Å²) in [6.07, 6.45) is 0. The molecule has 0 N–H and O–H groups in total. The van der Waals surface area contributed by atoms with E-state index in [1.165, 1.54) is 23.9 Å². The number of fused-ring (bicyclic) bond motifs is 2. The molecule has 0 saturated carbocycles. The minimum absolute atomic E-state index is 0.0167. The van der Waals surface area contributed by atoms with Crippen LogP contribution < -0.4 is 4.90 Å². The monoisotopic (exact) mass is 446 g/mol. The highest BCUT2D eigenvalue weighted by atomic mass is 32.2. The average Bonchev–Trinajstić information content (AvgIpc) is 3.21. The molecule has 4 nitrogen and oxygen atoms in total. The fraction of sp³-hybridized carbons (Fsp3) is 0.231. The van der Waals surface area contributed by atoms with Crippen molar-refractivity contribution in [1.29, 1.82) is 0 Å². The van der Waals surface area contributed by atoms with Gasteiger partial charge in [0, 0.05) is 16.9 Å². The van der Waals surface area contributed by atoms with Crippen molar-refractivity contribution in [1.82, 2.24) is 4.90 Å². The minimum atomic E-state index is -1.23. The van der Waals surface area contributed by atoms with Crippen molar-refractivity contribution >= 4 is 29.3 Å². The van der Waals surface area contributed by atoms with Gasteiger partial charge in [-0.2, -0.15) is 0 Å². The first-order valence-corrected chi connectivity index (χ1v) is 11.4. The first-order chi connectivity index (χ1) is 15.3. The standard InChI is InChI=1S/C26H23FN2O2S/c1-25(2)17-29(23(30)19-12-6-8-14-21(19)27)26(32-25)20-13-7-9-15-22(20)28(24(26)31)16-18-10-4-3-5-11-18/h3-15H,16-17H2,1-2H3/t26-/m0/s1. The Balaban J connectivity index is 1.65. The lowest BCUT2D eigenvalue weighted by molar-refractivity contribution is -0.123. The molecule has 32 heavy (non-hydrogen) atoms. The van der Waals surface area contributed by atoms with E-state index in [0.29, 0.717) is 13.1 Å². The number of amides is 2. The topological polar surface area (TPSA) is 40.6 Å². The van der Waals surface area contributed by atoms with E-state index in [9.17, 15) is 14.0 Å². The van der Waals surface area contributed by atoms with E-state index in [2.05, 4.69) is 0 Å². The van der Waals surface area contributed by atoms with Crippen LogP contribution in [0.25, 0.3) is 0 Å². The molecule has 0 radical (unpaired) electrons. The third-order valence-corrected chi connectivity index (χ3v) is 7.56. The molecule has 2 aliphatic rings. The number of benzene rings is 3. The van der Waals surface area contributed by atoms with Crippen LogP contribution in [0, 0.1) is 5.82 Å². The van der Waals surface area contributed by atoms with Crippen molar-refractivity contribution < 1.29 is 14.0 Å². The zero-order valence-electron chi connectivity index (χ0n) is 17.9. The summed E-state index contributed by atoms with van der Waals surface area (Å²) in [7, 11) is 0. The smallest absolute Gasteiger partial charge is 0.268 e. The van der Waals surface area contributed by atoms with Crippen LogP contribution in [0.2, 0.25) is 0 Å². The molecule has 2 amide bonds. The molecule has 0 aromatic heterocycles. The summed E-state index contributed by atoms with van der Waals surface area (Å²) in [6.45, 7) is 4.78. The maximum Gasteiger partial charge on any atom is 0.268 e. The average molecular weight is 447 g/mol. The van der Waals surface area contributed by atoms with Crippen LogP contribution in [0.4, 0.5) is 10.1 Å². The van der Waals surface area contributed by atoms with Crippen LogP contribution in [0.5, 0.6) is 0 Å². The van der Waals surface area contributed by atoms with Crippen LogP contribution in [-0.4, -0.2) is 28.0 Å². The molecule has 0 unspecified atom stereocenters. The van der Waals surface area contributed by atoms with Gasteiger partial charge >= 0.3 is 0 Å². The molecule has 2 aliphatic heterocycles. The van der Waals surface area contributed by atoms with Gasteiger partial charge in [-0.15, -0.1) is 11.8 Å². The number of rotatable bonds is 3. The Labute approximate surface area is 191 Å². The molecule has 1 spiro atoms. The summed E-state index contributed by atoms with van der Waals surface area (Å²) in [5.74, 6) is -1.21. The number of hydrogen-bond acceptors (Lipinski definition) is 3. The van der Waals surface area contributed by atoms with Gasteiger partial charge in [-0.1, -0.05) is 60.7 Å². The minimum Gasteiger partial charge on any atom is -0.310 e. The molecule has 1 atom stereocenters. The molecule has 3 aromatic rings. The van der Waals surface area contributed by atoms with Crippen molar-refractivity contribution in [3.63, 3.8) is 0 Å². The molecule has 2 heterocycles. The van der Waals surface area contributed by atoms with Crippen LogP contribution in [0.15, 0.2) is 78.9 Å². The maximum atomic E-state index is 14.6. The van der Waals surface area contributed by atoms with Gasteiger partial charge in [0.15, 0.2) is 4.87 Å². The SMILES string of the molecule is CC1(C)CN(C(=O)c2ccccc2F)[C@@]2(S1)C(=O)N(Cc1ccccc1)c1ccccc12. The normalized spacial score (nSPS) is 21.3. The van der Waals surface area contributed by atoms with Gasteiger partial charge in [0.2, 0.25) is 0 Å². The molecule has 3 aromatic carbocycles. The van der Waals surface area contributed by atoms with Crippen molar-refractivity contribution in [3.8, 4) is 0 Å². The lowest BCUT2D eigenvalue weighted by Gasteiger charge is -2.33. The number of anilines is 1. The highest BCUT2D eigenvalue weighted by Crippen LogP contribution is 2.60. The Morgan fingerprint density at radius 3 is 2.38 bits per heavy atom. The molecule has 6 heteroatoms. The van der Waals surface area contributed by atoms with E-state index >= 15 is 0 Å². The largest absolute Gasteiger partial charge is 0.310 e. The number of nitrogens with zero attached hydrogens (tertiary/aromatic N) is 2. The van der Waals surface area contributed by atoms with Gasteiger partial charge < -0.3 is 9.80 Å². The van der Waals surface area contributed by atoms with E-state index in [1.54, 1.807) is 21.9 Å². The van der Waals surface area contributed by atoms with Gasteiger partial charge in [0.25, 0.3) is 11.8 Å². The highest BCUT2D eigenvalue weighted by Gasteiger charge is 2.63. The maximum absolute atomic E-state index is 14.6. The third-order valence-electron chi connectivity index (χ3n) is 5.97. The van der Waals surface area contributed by atoms with Crippen molar-refractivity contribution in [3.05, 3.63) is 101 Å². The second-order valence-corrected chi connectivity index (χ2v) is 10.7. The molecular weight excluding hydrogens is 423 g/mol. The molecular formula is C26H23FN2O2S. The number of carbonyl (C=O) groups is 2. The van der Waals surface area contributed by atoms with E-state index < -0.39 is 16.6 Å². The van der Waals surface area contributed by atoms with Crippen LogP contribution in [0.1, 0.15) is 35.3 Å². The fourth-order valence-corrected chi connectivity index (χ4v) is 6.39. The van der Waals surface area contributed by atoms with Crippen molar-refractivity contribution in [2.45, 2.75) is 30.0 Å². The lowest BCUT2D eigenvalue weighted by atomic mass is 10.0. The Hall–Kier alpha value is -3.12. The Kier molecular flexibility index (Phi) is 4.86. The van der Waals surface area contributed by atoms with Gasteiger partial charge in [0.1, 0.15) is 5.82 Å². The summed E-state index contributed by atoms with van der Waals surface area (Å²) in [5.41, 5.74) is 2.55. The number of hydrogen-bond donors (Lipinski definition) is 0. The van der Waals surface area contributed by atoms with E-state index in [4.69, 9.17) is 0 Å². The summed E-state index contributed by atoms with van der Waals surface area (Å²) in [6, 6.07) is 23.4. The molecule has 162 valence electrons. The first-order valence-electron chi connectivity index (χ1n) is 10.6. The van der Waals surface area contributed by atoms with Crippen LogP contribution in [-0.2, 0) is 16.2 Å². The lowest BCUT2D eigenvalue weighted by Crippen LogP contribution is -2.50. The summed E-state index contributed by atoms with van der Waals surface area (Å²) in [4.78, 5) is 29.9. The predicted molar refractivity (Wildman–Crippen MR) is 125 cm³/mol. The van der Waals surface area contributed by atoms with Gasteiger partial charge in [0.05, 0.1) is 17.8 Å². The number of thioether (sulfide) groups is 1. The molecule has 0 aliphatic carbocycles.